The van der Waals surface area contributed by atoms with Crippen LogP contribution in [-0.4, -0.2) is 42.1 Å². The minimum Gasteiger partial charge on any atom is -0.258 e. The Balaban J connectivity index is 2.22. The number of rotatable bonds is 5. The molecule has 1 saturated heterocycles. The van der Waals surface area contributed by atoms with Crippen LogP contribution in [0.5, 0.6) is 0 Å². The molecule has 8 heteroatoms. The summed E-state index contributed by atoms with van der Waals surface area (Å²) in [6.07, 6.45) is 3.85. The van der Waals surface area contributed by atoms with Gasteiger partial charge in [0.05, 0.1) is 4.92 Å². The Morgan fingerprint density at radius 1 is 1.22 bits per heavy atom. The maximum atomic E-state index is 12.8. The van der Waals surface area contributed by atoms with E-state index in [-0.39, 0.29) is 5.69 Å². The fourth-order valence-electron chi connectivity index (χ4n) is 2.76. The number of benzene rings is 1. The van der Waals surface area contributed by atoms with E-state index in [1.165, 1.54) is 27.8 Å². The first-order chi connectivity index (χ1) is 10.8. The molecular weight excluding hydrogens is 318 g/mol. The van der Waals surface area contributed by atoms with Crippen molar-refractivity contribution in [1.29, 1.82) is 0 Å². The van der Waals surface area contributed by atoms with Crippen LogP contribution in [0.1, 0.15) is 44.2 Å². The summed E-state index contributed by atoms with van der Waals surface area (Å²) >= 11 is 0. The second-order valence-electron chi connectivity index (χ2n) is 5.87. The van der Waals surface area contributed by atoms with E-state index in [0.717, 1.165) is 25.7 Å². The van der Waals surface area contributed by atoms with Gasteiger partial charge >= 0.3 is 0 Å². The third-order valence-electron chi connectivity index (χ3n) is 4.36. The van der Waals surface area contributed by atoms with E-state index >= 15 is 0 Å². The molecule has 7 nitrogen and oxygen atoms in total. The normalized spacial score (nSPS) is 18.6. The zero-order valence-electron chi connectivity index (χ0n) is 13.5. The summed E-state index contributed by atoms with van der Waals surface area (Å²) in [5, 5.41) is 10.9. The van der Waals surface area contributed by atoms with Crippen molar-refractivity contribution in [3.05, 3.63) is 39.9 Å². The van der Waals surface area contributed by atoms with Crippen molar-refractivity contribution < 1.29 is 13.3 Å². The fourth-order valence-corrected chi connectivity index (χ4v) is 4.37. The first-order valence-corrected chi connectivity index (χ1v) is 9.21. The van der Waals surface area contributed by atoms with Gasteiger partial charge in [-0.25, -0.2) is 0 Å². The zero-order chi connectivity index (χ0) is 17.0. The molecule has 0 saturated carbocycles. The molecule has 0 aliphatic carbocycles. The minimum absolute atomic E-state index is 0.0325. The summed E-state index contributed by atoms with van der Waals surface area (Å²) in [7, 11) is -2.04. The Labute approximate surface area is 137 Å². The lowest BCUT2D eigenvalue weighted by atomic mass is 10.1. The Hall–Kier alpha value is -1.51. The molecule has 23 heavy (non-hydrogen) atoms. The van der Waals surface area contributed by atoms with Gasteiger partial charge in [-0.3, -0.25) is 10.1 Å². The van der Waals surface area contributed by atoms with Crippen LogP contribution in [-0.2, 0) is 10.2 Å². The summed E-state index contributed by atoms with van der Waals surface area (Å²) < 4.78 is 28.4. The molecule has 1 aliphatic rings. The number of nitro benzene ring substituents is 1. The van der Waals surface area contributed by atoms with Crippen LogP contribution < -0.4 is 0 Å². The van der Waals surface area contributed by atoms with Crippen LogP contribution in [0.25, 0.3) is 0 Å². The molecule has 1 atom stereocenters. The number of hydrogen-bond donors (Lipinski definition) is 0. The van der Waals surface area contributed by atoms with Crippen molar-refractivity contribution in [2.75, 3.05) is 20.1 Å². The van der Waals surface area contributed by atoms with Gasteiger partial charge in [-0.2, -0.15) is 17.0 Å². The molecule has 1 fully saturated rings. The monoisotopic (exact) mass is 341 g/mol. The molecule has 2 rings (SSSR count). The molecule has 1 heterocycles. The van der Waals surface area contributed by atoms with Gasteiger partial charge in [0.15, 0.2) is 0 Å². The Morgan fingerprint density at radius 3 is 2.39 bits per heavy atom. The predicted octanol–water partition coefficient (Wildman–Crippen LogP) is 2.71. The van der Waals surface area contributed by atoms with Crippen LogP contribution >= 0.6 is 0 Å². The van der Waals surface area contributed by atoms with Gasteiger partial charge in [-0.15, -0.1) is 0 Å². The standard InChI is InChI=1S/C15H23N3O4S/c1-13(14-8-7-9-15(12-14)18(19)20)16(2)23(21,22)17-10-5-3-4-6-11-17/h7-9,12-13H,3-6,10-11H2,1-2H3/t13-/m1/s1. The van der Waals surface area contributed by atoms with Crippen molar-refractivity contribution in [2.24, 2.45) is 0 Å². The highest BCUT2D eigenvalue weighted by Crippen LogP contribution is 2.27. The maximum absolute atomic E-state index is 12.8. The molecule has 128 valence electrons. The highest BCUT2D eigenvalue weighted by atomic mass is 32.2. The first-order valence-electron chi connectivity index (χ1n) is 7.81. The molecular formula is C15H23N3O4S. The van der Waals surface area contributed by atoms with E-state index in [1.807, 2.05) is 0 Å². The van der Waals surface area contributed by atoms with Crippen molar-refractivity contribution in [2.45, 2.75) is 38.6 Å². The van der Waals surface area contributed by atoms with E-state index in [0.29, 0.717) is 18.7 Å². The Bertz CT molecular complexity index is 654. The van der Waals surface area contributed by atoms with E-state index in [2.05, 4.69) is 0 Å². The molecule has 0 N–H and O–H groups in total. The molecule has 0 spiro atoms. The van der Waals surface area contributed by atoms with Crippen molar-refractivity contribution >= 4 is 15.9 Å². The van der Waals surface area contributed by atoms with Crippen LogP contribution in [0.15, 0.2) is 24.3 Å². The van der Waals surface area contributed by atoms with Gasteiger partial charge in [0.2, 0.25) is 0 Å². The van der Waals surface area contributed by atoms with Gasteiger partial charge in [-0.1, -0.05) is 25.0 Å². The summed E-state index contributed by atoms with van der Waals surface area (Å²) in [6.45, 7) is 2.82. The SMILES string of the molecule is C[C@H](c1cccc([N+](=O)[O-])c1)N(C)S(=O)(=O)N1CCCCCC1. The molecule has 1 aromatic carbocycles. The summed E-state index contributed by atoms with van der Waals surface area (Å²) in [5.41, 5.74) is 0.579. The number of nitrogens with zero attached hydrogens (tertiary/aromatic N) is 3. The zero-order valence-corrected chi connectivity index (χ0v) is 14.3. The smallest absolute Gasteiger partial charge is 0.258 e. The Kier molecular flexibility index (Phi) is 5.72. The highest BCUT2D eigenvalue weighted by molar-refractivity contribution is 7.86. The van der Waals surface area contributed by atoms with Gasteiger partial charge in [0.25, 0.3) is 15.9 Å². The van der Waals surface area contributed by atoms with Crippen molar-refractivity contribution in [1.82, 2.24) is 8.61 Å². The highest BCUT2D eigenvalue weighted by Gasteiger charge is 2.31. The molecule has 1 aliphatic heterocycles. The van der Waals surface area contributed by atoms with Gasteiger partial charge in [-0.05, 0) is 25.3 Å². The lowest BCUT2D eigenvalue weighted by molar-refractivity contribution is -0.384. The van der Waals surface area contributed by atoms with Crippen LogP contribution in [0.3, 0.4) is 0 Å². The van der Waals surface area contributed by atoms with Crippen molar-refractivity contribution in [3.63, 3.8) is 0 Å². The number of non-ortho nitro benzene ring substituents is 1. The molecule has 0 aromatic heterocycles. The molecule has 0 unspecified atom stereocenters. The topological polar surface area (TPSA) is 83.8 Å². The third kappa shape index (κ3) is 4.07. The van der Waals surface area contributed by atoms with Crippen LogP contribution in [0.2, 0.25) is 0 Å². The predicted molar refractivity (Wildman–Crippen MR) is 88.2 cm³/mol. The van der Waals surface area contributed by atoms with Gasteiger partial charge < -0.3 is 0 Å². The summed E-state index contributed by atoms with van der Waals surface area (Å²) in [6, 6.07) is 5.66. The molecule has 0 bridgehead atoms. The lowest BCUT2D eigenvalue weighted by Gasteiger charge is -2.30. The second-order valence-corrected chi connectivity index (χ2v) is 7.85. The first kappa shape index (κ1) is 17.8. The van der Waals surface area contributed by atoms with Crippen LogP contribution in [0, 0.1) is 10.1 Å². The van der Waals surface area contributed by atoms with E-state index in [1.54, 1.807) is 19.1 Å². The third-order valence-corrected chi connectivity index (χ3v) is 6.43. The average molecular weight is 341 g/mol. The number of hydrogen-bond acceptors (Lipinski definition) is 4. The summed E-state index contributed by atoms with van der Waals surface area (Å²) in [5.74, 6) is 0. The van der Waals surface area contributed by atoms with E-state index in [9.17, 15) is 18.5 Å². The second kappa shape index (κ2) is 7.37. The fraction of sp³-hybridized carbons (Fsp3) is 0.600. The van der Waals surface area contributed by atoms with Gasteiger partial charge in [0.1, 0.15) is 0 Å². The minimum atomic E-state index is -3.57. The number of nitro groups is 1. The largest absolute Gasteiger partial charge is 0.282 e. The van der Waals surface area contributed by atoms with E-state index < -0.39 is 21.2 Å². The maximum Gasteiger partial charge on any atom is 0.282 e. The summed E-state index contributed by atoms with van der Waals surface area (Å²) in [4.78, 5) is 10.4. The van der Waals surface area contributed by atoms with Gasteiger partial charge in [0, 0.05) is 38.3 Å². The molecule has 1 aromatic rings. The molecule has 0 amide bonds. The quantitative estimate of drug-likeness (QED) is 0.609. The lowest BCUT2D eigenvalue weighted by Crippen LogP contribution is -2.43. The Morgan fingerprint density at radius 2 is 1.83 bits per heavy atom. The van der Waals surface area contributed by atoms with Crippen LogP contribution in [0.4, 0.5) is 5.69 Å². The molecule has 0 radical (unpaired) electrons. The average Bonchev–Trinajstić information content (AvgIpc) is 2.83. The van der Waals surface area contributed by atoms with E-state index in [4.69, 9.17) is 0 Å². The van der Waals surface area contributed by atoms with Crippen molar-refractivity contribution in [3.8, 4) is 0 Å².